The molecule has 1 aromatic carbocycles. The first-order valence-corrected chi connectivity index (χ1v) is 8.67. The molecule has 2 aliphatic rings. The topological polar surface area (TPSA) is 94.2 Å². The standard InChI is InChI=1S/C18H22N2O6/c1-3-19-17(22)11(2)26-18(23)12-8-16(21)20(10-12)13-4-5-14-15(9-13)25-7-6-24-14/h4-5,9,11-12H,3,6-8,10H2,1-2H3,(H,19,22)/t11-,12+/m1/s1. The third-order valence-corrected chi connectivity index (χ3v) is 4.31. The summed E-state index contributed by atoms with van der Waals surface area (Å²) < 4.78 is 16.2. The van der Waals surface area contributed by atoms with E-state index in [1.165, 1.54) is 11.8 Å². The van der Waals surface area contributed by atoms with E-state index in [1.807, 2.05) is 0 Å². The van der Waals surface area contributed by atoms with Crippen LogP contribution in [0.2, 0.25) is 0 Å². The van der Waals surface area contributed by atoms with Crippen LogP contribution in [0.25, 0.3) is 0 Å². The van der Waals surface area contributed by atoms with Crippen LogP contribution in [0.5, 0.6) is 11.5 Å². The lowest BCUT2D eigenvalue weighted by Crippen LogP contribution is -2.37. The number of carbonyl (C=O) groups excluding carboxylic acids is 3. The maximum absolute atomic E-state index is 12.3. The summed E-state index contributed by atoms with van der Waals surface area (Å²) in [5.41, 5.74) is 0.645. The number of amides is 2. The van der Waals surface area contributed by atoms with E-state index < -0.39 is 18.0 Å². The molecule has 0 bridgehead atoms. The molecule has 8 nitrogen and oxygen atoms in total. The quantitative estimate of drug-likeness (QED) is 0.782. The average Bonchev–Trinajstić information content (AvgIpc) is 3.03. The molecule has 1 saturated heterocycles. The average molecular weight is 362 g/mol. The van der Waals surface area contributed by atoms with Gasteiger partial charge in [-0.15, -0.1) is 0 Å². The third kappa shape index (κ3) is 3.74. The van der Waals surface area contributed by atoms with Crippen molar-refractivity contribution in [3.05, 3.63) is 18.2 Å². The fourth-order valence-corrected chi connectivity index (χ4v) is 2.96. The summed E-state index contributed by atoms with van der Waals surface area (Å²) in [5.74, 6) is -0.455. The predicted octanol–water partition coefficient (Wildman–Crippen LogP) is 0.878. The molecule has 1 aromatic rings. The molecule has 2 aliphatic heterocycles. The highest BCUT2D eigenvalue weighted by Crippen LogP contribution is 2.36. The highest BCUT2D eigenvalue weighted by Gasteiger charge is 2.37. The Kier molecular flexibility index (Phi) is 5.29. The van der Waals surface area contributed by atoms with E-state index in [9.17, 15) is 14.4 Å². The first kappa shape index (κ1) is 18.0. The van der Waals surface area contributed by atoms with Gasteiger partial charge in [-0.25, -0.2) is 0 Å². The van der Waals surface area contributed by atoms with E-state index in [2.05, 4.69) is 5.32 Å². The molecule has 2 heterocycles. The Bertz CT molecular complexity index is 720. The number of fused-ring (bicyclic) bond motifs is 1. The van der Waals surface area contributed by atoms with Crippen molar-refractivity contribution in [2.45, 2.75) is 26.4 Å². The normalized spacial score (nSPS) is 19.8. The van der Waals surface area contributed by atoms with Crippen LogP contribution < -0.4 is 19.7 Å². The lowest BCUT2D eigenvalue weighted by molar-refractivity contribution is -0.158. The van der Waals surface area contributed by atoms with Crippen LogP contribution in [0.3, 0.4) is 0 Å². The fraction of sp³-hybridized carbons (Fsp3) is 0.500. The molecule has 0 unspecified atom stereocenters. The number of anilines is 1. The molecule has 1 fully saturated rings. The number of ether oxygens (including phenoxy) is 3. The van der Waals surface area contributed by atoms with Crippen molar-refractivity contribution in [2.24, 2.45) is 5.92 Å². The van der Waals surface area contributed by atoms with Gasteiger partial charge in [0.25, 0.3) is 5.91 Å². The van der Waals surface area contributed by atoms with Crippen LogP contribution in [-0.2, 0) is 19.1 Å². The summed E-state index contributed by atoms with van der Waals surface area (Å²) in [5, 5.41) is 2.59. The zero-order valence-corrected chi connectivity index (χ0v) is 14.8. The Morgan fingerprint density at radius 2 is 2.04 bits per heavy atom. The highest BCUT2D eigenvalue weighted by molar-refractivity contribution is 6.00. The van der Waals surface area contributed by atoms with Crippen LogP contribution in [-0.4, -0.2) is 50.2 Å². The van der Waals surface area contributed by atoms with Gasteiger partial charge >= 0.3 is 5.97 Å². The first-order chi connectivity index (χ1) is 12.5. The lowest BCUT2D eigenvalue weighted by atomic mass is 10.1. The number of nitrogens with one attached hydrogen (secondary N) is 1. The molecule has 1 N–H and O–H groups in total. The van der Waals surface area contributed by atoms with Gasteiger partial charge in [0.1, 0.15) is 13.2 Å². The minimum absolute atomic E-state index is 0.0510. The Balaban J connectivity index is 1.65. The molecule has 140 valence electrons. The van der Waals surface area contributed by atoms with Crippen LogP contribution in [0.1, 0.15) is 20.3 Å². The van der Waals surface area contributed by atoms with E-state index in [4.69, 9.17) is 14.2 Å². The molecular formula is C18H22N2O6. The molecule has 0 spiro atoms. The fourth-order valence-electron chi connectivity index (χ4n) is 2.96. The predicted molar refractivity (Wildman–Crippen MR) is 92.1 cm³/mol. The van der Waals surface area contributed by atoms with Gasteiger partial charge in [-0.1, -0.05) is 0 Å². The maximum Gasteiger partial charge on any atom is 0.312 e. The van der Waals surface area contributed by atoms with E-state index in [1.54, 1.807) is 25.1 Å². The van der Waals surface area contributed by atoms with E-state index in [0.717, 1.165) is 0 Å². The molecule has 0 aromatic heterocycles. The monoisotopic (exact) mass is 362 g/mol. The number of carbonyl (C=O) groups is 3. The summed E-state index contributed by atoms with van der Waals surface area (Å²) in [4.78, 5) is 37.9. The smallest absolute Gasteiger partial charge is 0.312 e. The van der Waals surface area contributed by atoms with Gasteiger partial charge < -0.3 is 24.4 Å². The van der Waals surface area contributed by atoms with Gasteiger partial charge in [0.15, 0.2) is 17.6 Å². The van der Waals surface area contributed by atoms with Crippen LogP contribution in [0, 0.1) is 5.92 Å². The van der Waals surface area contributed by atoms with Crippen molar-refractivity contribution in [2.75, 3.05) is 31.2 Å². The van der Waals surface area contributed by atoms with Crippen LogP contribution >= 0.6 is 0 Å². The van der Waals surface area contributed by atoms with Crippen molar-refractivity contribution in [1.29, 1.82) is 0 Å². The van der Waals surface area contributed by atoms with Crippen LogP contribution in [0.15, 0.2) is 18.2 Å². The zero-order chi connectivity index (χ0) is 18.7. The summed E-state index contributed by atoms with van der Waals surface area (Å²) in [7, 11) is 0. The second-order valence-corrected chi connectivity index (χ2v) is 6.21. The van der Waals surface area contributed by atoms with Gasteiger partial charge in [-0.3, -0.25) is 14.4 Å². The molecule has 3 rings (SSSR count). The minimum Gasteiger partial charge on any atom is -0.486 e. The van der Waals surface area contributed by atoms with Crippen molar-refractivity contribution < 1.29 is 28.6 Å². The second kappa shape index (κ2) is 7.63. The highest BCUT2D eigenvalue weighted by atomic mass is 16.6. The molecular weight excluding hydrogens is 340 g/mol. The molecule has 8 heteroatoms. The van der Waals surface area contributed by atoms with E-state index >= 15 is 0 Å². The number of benzene rings is 1. The number of nitrogens with zero attached hydrogens (tertiary/aromatic N) is 1. The molecule has 0 saturated carbocycles. The van der Waals surface area contributed by atoms with Crippen LogP contribution in [0.4, 0.5) is 5.69 Å². The number of likely N-dealkylation sites (N-methyl/N-ethyl adjacent to an activating group) is 1. The zero-order valence-electron chi connectivity index (χ0n) is 14.8. The SMILES string of the molecule is CCNC(=O)[C@@H](C)OC(=O)[C@H]1CC(=O)N(c2ccc3c(c2)OCCO3)C1. The lowest BCUT2D eigenvalue weighted by Gasteiger charge is -2.22. The van der Waals surface area contributed by atoms with Crippen molar-refractivity contribution in [3.8, 4) is 11.5 Å². The van der Waals surface area contributed by atoms with Crippen molar-refractivity contribution >= 4 is 23.5 Å². The number of esters is 1. The van der Waals surface area contributed by atoms with Gasteiger partial charge in [-0.05, 0) is 26.0 Å². The molecule has 0 radical (unpaired) electrons. The molecule has 0 aliphatic carbocycles. The number of hydrogen-bond acceptors (Lipinski definition) is 6. The summed E-state index contributed by atoms with van der Waals surface area (Å²) in [6.07, 6.45) is -0.837. The Labute approximate surface area is 151 Å². The Morgan fingerprint density at radius 1 is 1.31 bits per heavy atom. The van der Waals surface area contributed by atoms with Gasteiger partial charge in [0, 0.05) is 31.3 Å². The minimum atomic E-state index is -0.888. The van der Waals surface area contributed by atoms with E-state index in [-0.39, 0.29) is 24.8 Å². The third-order valence-electron chi connectivity index (χ3n) is 4.31. The Morgan fingerprint density at radius 3 is 2.77 bits per heavy atom. The molecule has 2 atom stereocenters. The largest absolute Gasteiger partial charge is 0.486 e. The van der Waals surface area contributed by atoms with Crippen molar-refractivity contribution in [1.82, 2.24) is 5.32 Å². The van der Waals surface area contributed by atoms with E-state index in [0.29, 0.717) is 36.9 Å². The molecule has 26 heavy (non-hydrogen) atoms. The molecule has 2 amide bonds. The summed E-state index contributed by atoms with van der Waals surface area (Å²) >= 11 is 0. The number of hydrogen-bond donors (Lipinski definition) is 1. The van der Waals surface area contributed by atoms with Gasteiger partial charge in [-0.2, -0.15) is 0 Å². The second-order valence-electron chi connectivity index (χ2n) is 6.21. The van der Waals surface area contributed by atoms with Gasteiger partial charge in [0.05, 0.1) is 5.92 Å². The summed E-state index contributed by atoms with van der Waals surface area (Å²) in [6.45, 7) is 4.91. The number of rotatable bonds is 5. The van der Waals surface area contributed by atoms with Crippen molar-refractivity contribution in [3.63, 3.8) is 0 Å². The maximum atomic E-state index is 12.3. The first-order valence-electron chi connectivity index (χ1n) is 8.67. The van der Waals surface area contributed by atoms with Gasteiger partial charge in [0.2, 0.25) is 5.91 Å². The Hall–Kier alpha value is -2.77. The summed E-state index contributed by atoms with van der Waals surface area (Å²) in [6, 6.07) is 5.24.